The number of ether oxygens (including phenoxy) is 2. The van der Waals surface area contributed by atoms with Crippen molar-refractivity contribution in [1.82, 2.24) is 9.47 Å². The van der Waals surface area contributed by atoms with Crippen LogP contribution in [0.5, 0.6) is 11.5 Å². The average molecular weight is 502 g/mol. The summed E-state index contributed by atoms with van der Waals surface area (Å²) in [6, 6.07) is 10.1. The van der Waals surface area contributed by atoms with Crippen molar-refractivity contribution in [2.24, 2.45) is 4.99 Å². The predicted molar refractivity (Wildman–Crippen MR) is 113 cm³/mol. The summed E-state index contributed by atoms with van der Waals surface area (Å²) in [5.74, 6) is -1.09. The van der Waals surface area contributed by atoms with Crippen LogP contribution < -0.4 is 14.3 Å². The SMILES string of the molecule is Cc1cn(-c2ccc3c(c2)OC(F)(F)C(F)(F)O3)c(=NC(=O)N(C)Cc2cccc(Cl)c2)s1. The minimum Gasteiger partial charge on any atom is -0.421 e. The maximum absolute atomic E-state index is 13.6. The van der Waals surface area contributed by atoms with Crippen molar-refractivity contribution in [2.75, 3.05) is 7.05 Å². The van der Waals surface area contributed by atoms with Crippen LogP contribution in [-0.2, 0) is 6.54 Å². The Morgan fingerprint density at radius 2 is 1.82 bits per heavy atom. The van der Waals surface area contributed by atoms with Gasteiger partial charge in [-0.25, -0.2) is 4.79 Å². The fraction of sp³-hybridized carbons (Fsp3) is 0.238. The number of thiazole rings is 1. The molecule has 1 aromatic heterocycles. The van der Waals surface area contributed by atoms with Crippen LogP contribution in [0.25, 0.3) is 5.69 Å². The third-order valence-corrected chi connectivity index (χ3v) is 5.75. The van der Waals surface area contributed by atoms with E-state index in [0.29, 0.717) is 5.02 Å². The molecular weight excluding hydrogens is 486 g/mol. The molecule has 1 aliphatic rings. The Morgan fingerprint density at radius 3 is 2.52 bits per heavy atom. The fourth-order valence-corrected chi connectivity index (χ4v) is 4.11. The Morgan fingerprint density at radius 1 is 1.12 bits per heavy atom. The molecule has 3 aromatic rings. The van der Waals surface area contributed by atoms with Crippen molar-refractivity contribution in [3.63, 3.8) is 0 Å². The van der Waals surface area contributed by atoms with Gasteiger partial charge in [0, 0.05) is 35.8 Å². The molecule has 0 aliphatic carbocycles. The summed E-state index contributed by atoms with van der Waals surface area (Å²) < 4.78 is 63.7. The number of nitrogens with zero attached hydrogens (tertiary/aromatic N) is 3. The minimum absolute atomic E-state index is 0.254. The van der Waals surface area contributed by atoms with Gasteiger partial charge in [0.2, 0.25) is 0 Å². The van der Waals surface area contributed by atoms with Gasteiger partial charge in [0.25, 0.3) is 0 Å². The van der Waals surface area contributed by atoms with Crippen molar-refractivity contribution in [1.29, 1.82) is 0 Å². The van der Waals surface area contributed by atoms with Crippen LogP contribution in [0, 0.1) is 6.92 Å². The normalized spacial score (nSPS) is 16.5. The zero-order valence-electron chi connectivity index (χ0n) is 17.2. The van der Waals surface area contributed by atoms with Gasteiger partial charge in [-0.05, 0) is 36.8 Å². The van der Waals surface area contributed by atoms with E-state index < -0.39 is 29.7 Å². The number of hydrogen-bond donors (Lipinski definition) is 0. The van der Waals surface area contributed by atoms with Crippen molar-refractivity contribution in [3.8, 4) is 17.2 Å². The first-order valence-corrected chi connectivity index (χ1v) is 10.7. The van der Waals surface area contributed by atoms with Crippen LogP contribution >= 0.6 is 22.9 Å². The Bertz CT molecular complexity index is 1290. The molecule has 33 heavy (non-hydrogen) atoms. The Kier molecular flexibility index (Phi) is 5.87. The molecule has 0 atom stereocenters. The third kappa shape index (κ3) is 4.69. The molecular formula is C21H16ClF4N3O3S. The van der Waals surface area contributed by atoms with Crippen molar-refractivity contribution < 1.29 is 31.8 Å². The molecule has 0 radical (unpaired) electrons. The fourth-order valence-electron chi connectivity index (χ4n) is 3.07. The summed E-state index contributed by atoms with van der Waals surface area (Å²) in [6.07, 6.45) is -8.00. The number of carbonyl (C=O) groups excluding carboxylic acids is 1. The molecule has 174 valence electrons. The van der Waals surface area contributed by atoms with E-state index in [-0.39, 0.29) is 17.0 Å². The van der Waals surface area contributed by atoms with Crippen molar-refractivity contribution in [2.45, 2.75) is 25.7 Å². The van der Waals surface area contributed by atoms with Crippen LogP contribution in [0.2, 0.25) is 5.02 Å². The van der Waals surface area contributed by atoms with Gasteiger partial charge in [0.15, 0.2) is 16.3 Å². The molecule has 2 amide bonds. The van der Waals surface area contributed by atoms with Crippen LogP contribution in [-0.4, -0.2) is 34.8 Å². The first-order chi connectivity index (χ1) is 15.4. The second-order valence-corrected chi connectivity index (χ2v) is 8.89. The minimum atomic E-state index is -4.83. The average Bonchev–Trinajstić information content (AvgIpc) is 3.08. The molecule has 2 aromatic carbocycles. The summed E-state index contributed by atoms with van der Waals surface area (Å²) in [5, 5.41) is 0.541. The van der Waals surface area contributed by atoms with E-state index in [1.807, 2.05) is 6.07 Å². The molecule has 6 nitrogen and oxygen atoms in total. The molecule has 12 heteroatoms. The number of alkyl halides is 4. The quantitative estimate of drug-likeness (QED) is 0.438. The summed E-state index contributed by atoms with van der Waals surface area (Å²) in [7, 11) is 1.57. The van der Waals surface area contributed by atoms with Crippen LogP contribution in [0.3, 0.4) is 0 Å². The summed E-state index contributed by atoms with van der Waals surface area (Å²) in [5.41, 5.74) is 1.08. The first-order valence-electron chi connectivity index (χ1n) is 9.47. The summed E-state index contributed by atoms with van der Waals surface area (Å²) in [6.45, 7) is 2.04. The molecule has 0 unspecified atom stereocenters. The maximum Gasteiger partial charge on any atom is 0.507 e. The first kappa shape index (κ1) is 23.1. The topological polar surface area (TPSA) is 56.1 Å². The van der Waals surface area contributed by atoms with Gasteiger partial charge in [0.05, 0.1) is 5.69 Å². The molecule has 1 aliphatic heterocycles. The number of benzene rings is 2. The highest BCUT2D eigenvalue weighted by Gasteiger charge is 2.65. The summed E-state index contributed by atoms with van der Waals surface area (Å²) in [4.78, 5) is 19.2. The van der Waals surface area contributed by atoms with E-state index in [1.54, 1.807) is 38.4 Å². The van der Waals surface area contributed by atoms with E-state index >= 15 is 0 Å². The second-order valence-electron chi connectivity index (χ2n) is 7.24. The molecule has 4 rings (SSSR count). The van der Waals surface area contributed by atoms with Crippen LogP contribution in [0.15, 0.2) is 53.7 Å². The largest absolute Gasteiger partial charge is 0.507 e. The van der Waals surface area contributed by atoms with E-state index in [0.717, 1.165) is 22.6 Å². The summed E-state index contributed by atoms with van der Waals surface area (Å²) >= 11 is 7.16. The number of urea groups is 1. The highest BCUT2D eigenvalue weighted by atomic mass is 35.5. The zero-order chi connectivity index (χ0) is 24.0. The van der Waals surface area contributed by atoms with Crippen LogP contribution in [0.1, 0.15) is 10.4 Å². The number of aryl methyl sites for hydroxylation is 1. The molecule has 2 heterocycles. The lowest BCUT2D eigenvalue weighted by Gasteiger charge is -2.31. The van der Waals surface area contributed by atoms with E-state index in [1.165, 1.54) is 26.9 Å². The number of amides is 2. The second kappa shape index (κ2) is 8.38. The Balaban J connectivity index is 1.64. The van der Waals surface area contributed by atoms with Gasteiger partial charge < -0.3 is 14.4 Å². The molecule has 0 saturated carbocycles. The van der Waals surface area contributed by atoms with Crippen LogP contribution in [0.4, 0.5) is 22.4 Å². The van der Waals surface area contributed by atoms with Crippen molar-refractivity contribution in [3.05, 3.63) is 68.9 Å². The lowest BCUT2D eigenvalue weighted by Crippen LogP contribution is -2.52. The molecule has 0 N–H and O–H groups in total. The number of fused-ring (bicyclic) bond motifs is 1. The van der Waals surface area contributed by atoms with Gasteiger partial charge in [-0.3, -0.25) is 4.57 Å². The number of halogens is 5. The van der Waals surface area contributed by atoms with Gasteiger partial charge in [-0.2, -0.15) is 22.6 Å². The molecule has 0 bridgehead atoms. The van der Waals surface area contributed by atoms with Gasteiger partial charge in [-0.15, -0.1) is 11.3 Å². The molecule has 0 saturated heterocycles. The van der Waals surface area contributed by atoms with E-state index in [4.69, 9.17) is 11.6 Å². The van der Waals surface area contributed by atoms with E-state index in [2.05, 4.69) is 14.5 Å². The lowest BCUT2D eigenvalue weighted by atomic mass is 10.2. The number of rotatable bonds is 3. The van der Waals surface area contributed by atoms with Gasteiger partial charge >= 0.3 is 18.2 Å². The predicted octanol–water partition coefficient (Wildman–Crippen LogP) is 5.61. The number of hydrogen-bond acceptors (Lipinski definition) is 4. The Hall–Kier alpha value is -3.05. The van der Waals surface area contributed by atoms with E-state index in [9.17, 15) is 22.4 Å². The zero-order valence-corrected chi connectivity index (χ0v) is 18.8. The van der Waals surface area contributed by atoms with Crippen molar-refractivity contribution >= 4 is 29.0 Å². The smallest absolute Gasteiger partial charge is 0.421 e. The maximum atomic E-state index is 13.6. The molecule has 0 fully saturated rings. The number of carbonyl (C=O) groups is 1. The number of aromatic nitrogens is 1. The highest BCUT2D eigenvalue weighted by molar-refractivity contribution is 7.09. The lowest BCUT2D eigenvalue weighted by molar-refractivity contribution is -0.391. The van der Waals surface area contributed by atoms with Gasteiger partial charge in [-0.1, -0.05) is 23.7 Å². The highest BCUT2D eigenvalue weighted by Crippen LogP contribution is 2.47. The molecule has 0 spiro atoms. The standard InChI is InChI=1S/C21H16ClF4N3O3S/c1-12-10-29(15-6-7-16-17(9-15)32-21(25,26)20(23,24)31-16)19(33-12)27-18(30)28(2)11-13-4-3-5-14(22)8-13/h3-10H,11H2,1-2H3. The third-order valence-electron chi connectivity index (χ3n) is 4.62. The van der Waals surface area contributed by atoms with Gasteiger partial charge in [0.1, 0.15) is 0 Å². The monoisotopic (exact) mass is 501 g/mol. The Labute approximate surface area is 194 Å².